The summed E-state index contributed by atoms with van der Waals surface area (Å²) in [5.74, 6) is 0.177. The first-order valence-electron chi connectivity index (χ1n) is 8.11. The van der Waals surface area contributed by atoms with Gasteiger partial charge in [-0.05, 0) is 43.0 Å². The summed E-state index contributed by atoms with van der Waals surface area (Å²) in [5, 5.41) is 3.33. The van der Waals surface area contributed by atoms with E-state index in [0.717, 1.165) is 49.9 Å². The molecule has 1 N–H and O–H groups in total. The lowest BCUT2D eigenvalue weighted by Crippen LogP contribution is -2.42. The minimum atomic E-state index is -4.29. The second kappa shape index (κ2) is 5.76. The van der Waals surface area contributed by atoms with Crippen molar-refractivity contribution in [3.8, 4) is 0 Å². The summed E-state index contributed by atoms with van der Waals surface area (Å²) >= 11 is 0. The molecule has 22 heavy (non-hydrogen) atoms. The zero-order chi connectivity index (χ0) is 15.9. The monoisotopic (exact) mass is 312 g/mol. The van der Waals surface area contributed by atoms with Gasteiger partial charge in [0.1, 0.15) is 0 Å². The highest BCUT2D eigenvalue weighted by Gasteiger charge is 2.44. The Balaban J connectivity index is 2.09. The minimum absolute atomic E-state index is 0.177. The average molecular weight is 312 g/mol. The number of hydrogen-bond donors (Lipinski definition) is 1. The predicted octanol–water partition coefficient (Wildman–Crippen LogP) is 3.94. The number of unbranched alkanes of at least 4 members (excludes halogenated alkanes) is 1. The van der Waals surface area contributed by atoms with Crippen molar-refractivity contribution >= 4 is 5.69 Å². The van der Waals surface area contributed by atoms with Crippen molar-refractivity contribution in [2.24, 2.45) is 0 Å². The van der Waals surface area contributed by atoms with Crippen LogP contribution in [0.15, 0.2) is 12.1 Å². The lowest BCUT2D eigenvalue weighted by atomic mass is 9.88. The second-order valence-corrected chi connectivity index (χ2v) is 6.46. The van der Waals surface area contributed by atoms with Crippen molar-refractivity contribution in [2.45, 2.75) is 50.7 Å². The van der Waals surface area contributed by atoms with Gasteiger partial charge in [-0.2, -0.15) is 13.2 Å². The van der Waals surface area contributed by atoms with Crippen LogP contribution in [-0.4, -0.2) is 26.2 Å². The Kier molecular flexibility index (Phi) is 4.10. The third kappa shape index (κ3) is 2.60. The molecule has 2 aliphatic rings. The number of hydrogen-bond acceptors (Lipinski definition) is 2. The Hall–Kier alpha value is -1.23. The maximum absolute atomic E-state index is 13.6. The molecule has 122 valence electrons. The van der Waals surface area contributed by atoms with Gasteiger partial charge in [-0.25, -0.2) is 0 Å². The molecule has 0 radical (unpaired) electrons. The Morgan fingerprint density at radius 3 is 2.77 bits per heavy atom. The lowest BCUT2D eigenvalue weighted by Gasteiger charge is -2.31. The first-order valence-corrected chi connectivity index (χ1v) is 8.11. The highest BCUT2D eigenvalue weighted by Crippen LogP contribution is 2.49. The first-order chi connectivity index (χ1) is 10.4. The molecule has 1 aromatic rings. The van der Waals surface area contributed by atoms with Gasteiger partial charge in [0.2, 0.25) is 0 Å². The first kappa shape index (κ1) is 15.7. The van der Waals surface area contributed by atoms with Crippen LogP contribution in [0.2, 0.25) is 0 Å². The molecule has 0 unspecified atom stereocenters. The number of nitrogens with one attached hydrogen (secondary N) is 1. The van der Waals surface area contributed by atoms with Gasteiger partial charge in [-0.3, -0.25) is 0 Å². The maximum Gasteiger partial charge on any atom is 0.418 e. The average Bonchev–Trinajstić information content (AvgIpc) is 2.77. The standard InChI is InChI=1S/C17H23F3N2/c1-3-4-5-11-8-12-13-10-21-7-6-15(13)22(2)16(12)14(9-11)17(18,19)20/h8-9,13,15,21H,3-7,10H2,1-2H3/t13-,15-/m0/s1. The van der Waals surface area contributed by atoms with Crippen molar-refractivity contribution in [2.75, 3.05) is 25.0 Å². The third-order valence-electron chi connectivity index (χ3n) is 5.02. The quantitative estimate of drug-likeness (QED) is 0.909. The van der Waals surface area contributed by atoms with Crippen LogP contribution in [0.25, 0.3) is 0 Å². The van der Waals surface area contributed by atoms with Gasteiger partial charge in [0.25, 0.3) is 0 Å². The number of likely N-dealkylation sites (N-methyl/N-ethyl adjacent to an activating group) is 1. The van der Waals surface area contributed by atoms with E-state index < -0.39 is 11.7 Å². The van der Waals surface area contributed by atoms with Crippen molar-refractivity contribution in [1.82, 2.24) is 5.32 Å². The van der Waals surface area contributed by atoms with E-state index in [1.807, 2.05) is 18.0 Å². The number of fused-ring (bicyclic) bond motifs is 3. The molecule has 5 heteroatoms. The number of aryl methyl sites for hydroxylation is 1. The van der Waals surface area contributed by atoms with Gasteiger partial charge in [-0.1, -0.05) is 19.4 Å². The SMILES string of the molecule is CCCCc1cc2c(c(C(F)(F)F)c1)N(C)[C@H]1CCNC[C@@H]21. The molecule has 0 amide bonds. The van der Waals surface area contributed by atoms with Crippen molar-refractivity contribution in [3.63, 3.8) is 0 Å². The summed E-state index contributed by atoms with van der Waals surface area (Å²) < 4.78 is 40.7. The van der Waals surface area contributed by atoms with Crippen LogP contribution < -0.4 is 10.2 Å². The van der Waals surface area contributed by atoms with E-state index in [4.69, 9.17) is 0 Å². The molecule has 2 atom stereocenters. The number of piperidine rings is 1. The van der Waals surface area contributed by atoms with Crippen LogP contribution in [0.4, 0.5) is 18.9 Å². The molecule has 3 rings (SSSR count). The van der Waals surface area contributed by atoms with Crippen LogP contribution >= 0.6 is 0 Å². The Labute approximate surface area is 129 Å². The van der Waals surface area contributed by atoms with E-state index in [9.17, 15) is 13.2 Å². The largest absolute Gasteiger partial charge is 0.418 e. The molecule has 2 heterocycles. The fourth-order valence-corrected chi connectivity index (χ4v) is 3.93. The van der Waals surface area contributed by atoms with Gasteiger partial charge < -0.3 is 10.2 Å². The zero-order valence-electron chi connectivity index (χ0n) is 13.1. The Bertz CT molecular complexity index is 554. The molecule has 0 saturated carbocycles. The van der Waals surface area contributed by atoms with Crippen molar-refractivity contribution < 1.29 is 13.2 Å². The molecule has 1 aromatic carbocycles. The van der Waals surface area contributed by atoms with Gasteiger partial charge in [-0.15, -0.1) is 0 Å². The molecule has 1 saturated heterocycles. The van der Waals surface area contributed by atoms with Gasteiger partial charge in [0.05, 0.1) is 11.3 Å². The summed E-state index contributed by atoms with van der Waals surface area (Å²) in [5.41, 5.74) is 1.67. The summed E-state index contributed by atoms with van der Waals surface area (Å²) in [6.45, 7) is 3.72. The van der Waals surface area contributed by atoms with Gasteiger partial charge in [0, 0.05) is 25.6 Å². The molecule has 2 aliphatic heterocycles. The molecule has 1 fully saturated rings. The lowest BCUT2D eigenvalue weighted by molar-refractivity contribution is -0.137. The number of halogens is 3. The maximum atomic E-state index is 13.6. The summed E-state index contributed by atoms with van der Waals surface area (Å²) in [6.07, 6.45) is -0.746. The van der Waals surface area contributed by atoms with E-state index in [-0.39, 0.29) is 12.0 Å². The molecule has 0 aromatic heterocycles. The summed E-state index contributed by atoms with van der Waals surface area (Å²) in [6, 6.07) is 3.59. The molecular formula is C17H23F3N2. The smallest absolute Gasteiger partial charge is 0.370 e. The predicted molar refractivity (Wildman–Crippen MR) is 82.5 cm³/mol. The van der Waals surface area contributed by atoms with E-state index >= 15 is 0 Å². The third-order valence-corrected chi connectivity index (χ3v) is 5.02. The number of alkyl halides is 3. The molecule has 2 nitrogen and oxygen atoms in total. The normalized spacial score (nSPS) is 24.3. The zero-order valence-corrected chi connectivity index (χ0v) is 13.1. The Morgan fingerprint density at radius 1 is 1.32 bits per heavy atom. The highest BCUT2D eigenvalue weighted by atomic mass is 19.4. The molecule has 0 bridgehead atoms. The van der Waals surface area contributed by atoms with Crippen LogP contribution in [-0.2, 0) is 12.6 Å². The second-order valence-electron chi connectivity index (χ2n) is 6.46. The minimum Gasteiger partial charge on any atom is -0.370 e. The number of benzene rings is 1. The van der Waals surface area contributed by atoms with Gasteiger partial charge >= 0.3 is 6.18 Å². The topological polar surface area (TPSA) is 15.3 Å². The van der Waals surface area contributed by atoms with E-state index in [0.29, 0.717) is 5.69 Å². The van der Waals surface area contributed by atoms with Crippen LogP contribution in [0, 0.1) is 0 Å². The fraction of sp³-hybridized carbons (Fsp3) is 0.647. The number of anilines is 1. The van der Waals surface area contributed by atoms with Crippen molar-refractivity contribution in [1.29, 1.82) is 0 Å². The van der Waals surface area contributed by atoms with Crippen LogP contribution in [0.3, 0.4) is 0 Å². The molecule has 0 aliphatic carbocycles. The summed E-state index contributed by atoms with van der Waals surface area (Å²) in [7, 11) is 1.82. The van der Waals surface area contributed by atoms with Crippen molar-refractivity contribution in [3.05, 3.63) is 28.8 Å². The van der Waals surface area contributed by atoms with E-state index in [1.165, 1.54) is 6.07 Å². The fourth-order valence-electron chi connectivity index (χ4n) is 3.93. The van der Waals surface area contributed by atoms with Gasteiger partial charge in [0.15, 0.2) is 0 Å². The van der Waals surface area contributed by atoms with Crippen LogP contribution in [0.5, 0.6) is 0 Å². The number of rotatable bonds is 3. The number of nitrogens with zero attached hydrogens (tertiary/aromatic N) is 1. The Morgan fingerprint density at radius 2 is 2.09 bits per heavy atom. The molecular weight excluding hydrogens is 289 g/mol. The van der Waals surface area contributed by atoms with E-state index in [2.05, 4.69) is 12.2 Å². The molecule has 0 spiro atoms. The van der Waals surface area contributed by atoms with E-state index in [1.54, 1.807) is 0 Å². The highest BCUT2D eigenvalue weighted by molar-refractivity contribution is 5.68. The van der Waals surface area contributed by atoms with Crippen LogP contribution in [0.1, 0.15) is 48.8 Å². The summed E-state index contributed by atoms with van der Waals surface area (Å²) in [4.78, 5) is 1.87.